The van der Waals surface area contributed by atoms with Gasteiger partial charge in [-0.05, 0) is 44.0 Å². The van der Waals surface area contributed by atoms with Crippen LogP contribution in [0.1, 0.15) is 32.3 Å². The van der Waals surface area contributed by atoms with Gasteiger partial charge in [0.25, 0.3) is 5.91 Å². The molecular weight excluding hydrogens is 438 g/mol. The van der Waals surface area contributed by atoms with Gasteiger partial charge in [-0.2, -0.15) is 0 Å². The third-order valence-corrected chi connectivity index (χ3v) is 6.72. The van der Waals surface area contributed by atoms with Crippen LogP contribution in [0.4, 0.5) is 11.4 Å². The van der Waals surface area contributed by atoms with Crippen molar-refractivity contribution in [3.8, 4) is 0 Å². The van der Waals surface area contributed by atoms with Crippen LogP contribution in [0.15, 0.2) is 66.2 Å². The number of benzene rings is 2. The Hall–Kier alpha value is -3.04. The van der Waals surface area contributed by atoms with Gasteiger partial charge in [-0.3, -0.25) is 4.79 Å². The molecule has 3 rings (SSSR count). The van der Waals surface area contributed by atoms with Crippen molar-refractivity contribution >= 4 is 28.3 Å². The van der Waals surface area contributed by atoms with Crippen LogP contribution in [0.25, 0.3) is 0 Å². The first kappa shape index (κ1) is 24.6. The summed E-state index contributed by atoms with van der Waals surface area (Å²) >= 11 is 0. The van der Waals surface area contributed by atoms with E-state index in [-0.39, 0.29) is 23.7 Å². The second-order valence-electron chi connectivity index (χ2n) is 8.59. The molecule has 2 aromatic rings. The first-order chi connectivity index (χ1) is 15.8. The van der Waals surface area contributed by atoms with E-state index in [0.29, 0.717) is 30.3 Å². The lowest BCUT2D eigenvalue weighted by Gasteiger charge is -2.25. The average molecular weight is 473 g/mol. The summed E-state index contributed by atoms with van der Waals surface area (Å²) in [5, 5.41) is 2.84. The monoisotopic (exact) mass is 472 g/mol. The number of para-hydroxylation sites is 1. The lowest BCUT2D eigenvalue weighted by molar-refractivity contribution is -0.116. The lowest BCUT2D eigenvalue weighted by Crippen LogP contribution is -2.39. The molecule has 1 fully saturated rings. The van der Waals surface area contributed by atoms with Crippen LogP contribution in [0.5, 0.6) is 0 Å². The van der Waals surface area contributed by atoms with Gasteiger partial charge < -0.3 is 26.4 Å². The second-order valence-corrected chi connectivity index (χ2v) is 9.98. The van der Waals surface area contributed by atoms with E-state index in [1.807, 2.05) is 37.3 Å². The molecule has 33 heavy (non-hydrogen) atoms. The number of anilines is 2. The highest BCUT2D eigenvalue weighted by Gasteiger charge is 2.39. The zero-order valence-corrected chi connectivity index (χ0v) is 20.1. The van der Waals surface area contributed by atoms with Crippen molar-refractivity contribution in [2.75, 3.05) is 30.9 Å². The molecule has 178 valence electrons. The summed E-state index contributed by atoms with van der Waals surface area (Å²) < 4.78 is 21.5. The van der Waals surface area contributed by atoms with Crippen molar-refractivity contribution in [3.63, 3.8) is 0 Å². The zero-order chi connectivity index (χ0) is 23.8. The molecule has 0 heterocycles. The third-order valence-electron chi connectivity index (χ3n) is 5.58. The lowest BCUT2D eigenvalue weighted by atomic mass is 10.2. The van der Waals surface area contributed by atoms with Gasteiger partial charge in [0.15, 0.2) is 5.75 Å². The Morgan fingerprint density at radius 2 is 1.91 bits per heavy atom. The average Bonchev–Trinajstić information content (AvgIpc) is 3.52. The minimum absolute atomic E-state index is 0.0710. The molecule has 1 aliphatic carbocycles. The van der Waals surface area contributed by atoms with Crippen molar-refractivity contribution in [2.24, 2.45) is 11.1 Å². The SMILES string of the molecule is CCN(CN[SH+](=O)Cc1cccc(N)c1)C(N)=C(OCC1(C)CC1)C(=O)Nc1ccccc1. The van der Waals surface area contributed by atoms with E-state index in [1.54, 1.807) is 29.2 Å². The molecule has 1 atom stereocenters. The molecule has 0 saturated heterocycles. The Kier molecular flexibility index (Phi) is 8.35. The van der Waals surface area contributed by atoms with Crippen LogP contribution < -0.4 is 21.5 Å². The van der Waals surface area contributed by atoms with Crippen molar-refractivity contribution in [3.05, 3.63) is 71.7 Å². The van der Waals surface area contributed by atoms with Crippen LogP contribution >= 0.6 is 0 Å². The summed E-state index contributed by atoms with van der Waals surface area (Å²) in [5.74, 6) is 0.208. The van der Waals surface area contributed by atoms with Crippen LogP contribution in [0.3, 0.4) is 0 Å². The van der Waals surface area contributed by atoms with Gasteiger partial charge in [-0.25, -0.2) is 0 Å². The van der Waals surface area contributed by atoms with Crippen LogP contribution in [0.2, 0.25) is 0 Å². The van der Waals surface area contributed by atoms with Crippen molar-refractivity contribution in [1.29, 1.82) is 0 Å². The number of hydrogen-bond donors (Lipinski definition) is 4. The predicted octanol–water partition coefficient (Wildman–Crippen LogP) is 2.83. The highest BCUT2D eigenvalue weighted by atomic mass is 32.2. The number of carbonyl (C=O) groups excluding carboxylic acids is 1. The summed E-state index contributed by atoms with van der Waals surface area (Å²) in [4.78, 5) is 14.8. The molecule has 0 bridgehead atoms. The van der Waals surface area contributed by atoms with E-state index in [1.165, 1.54) is 0 Å². The second kappa shape index (κ2) is 11.2. The van der Waals surface area contributed by atoms with Crippen LogP contribution in [-0.2, 0) is 30.5 Å². The molecule has 1 amide bonds. The topological polar surface area (TPSA) is 123 Å². The minimum atomic E-state index is -1.74. The molecule has 1 saturated carbocycles. The molecule has 1 unspecified atom stereocenters. The number of nitrogens with two attached hydrogens (primary N) is 2. The summed E-state index contributed by atoms with van der Waals surface area (Å²) in [5.41, 5.74) is 14.5. The molecule has 9 heteroatoms. The van der Waals surface area contributed by atoms with E-state index in [0.717, 1.165) is 18.4 Å². The van der Waals surface area contributed by atoms with Crippen LogP contribution in [0, 0.1) is 5.41 Å². The normalized spacial score (nSPS) is 15.8. The number of thiol groups is 1. The molecule has 1 aliphatic rings. The van der Waals surface area contributed by atoms with Gasteiger partial charge in [-0.15, -0.1) is 4.72 Å². The van der Waals surface area contributed by atoms with Gasteiger partial charge in [0, 0.05) is 28.9 Å². The number of ether oxygens (including phenoxy) is 1. The van der Waals surface area contributed by atoms with Crippen LogP contribution in [-0.4, -0.2) is 30.6 Å². The number of carbonyl (C=O) groups is 1. The Morgan fingerprint density at radius 3 is 2.55 bits per heavy atom. The number of rotatable bonds is 12. The Labute approximate surface area is 197 Å². The minimum Gasteiger partial charge on any atom is -0.485 e. The molecule has 0 aromatic heterocycles. The maximum absolute atomic E-state index is 13.0. The predicted molar refractivity (Wildman–Crippen MR) is 134 cm³/mol. The highest BCUT2D eigenvalue weighted by Crippen LogP contribution is 2.45. The fourth-order valence-corrected chi connectivity index (χ4v) is 4.13. The maximum Gasteiger partial charge on any atom is 0.294 e. The Morgan fingerprint density at radius 1 is 1.18 bits per heavy atom. The van der Waals surface area contributed by atoms with Crippen molar-refractivity contribution in [2.45, 2.75) is 32.4 Å². The maximum atomic E-state index is 13.0. The van der Waals surface area contributed by atoms with E-state index in [9.17, 15) is 9.00 Å². The summed E-state index contributed by atoms with van der Waals surface area (Å²) in [7, 11) is -1.74. The standard InChI is InChI=1S/C24H33N5O3S/c1-3-29(17-27-33(31)15-18-8-7-9-19(25)14-18)22(26)21(32-16-24(2)12-13-24)23(30)28-20-10-5-4-6-11-20/h4-11,14H,3,12-13,15-17,25-26H2,1-2H3,(H,27,31)(H,28,30)/p+1. The van der Waals surface area contributed by atoms with E-state index < -0.39 is 16.9 Å². The van der Waals surface area contributed by atoms with Gasteiger partial charge in [0.05, 0.1) is 6.61 Å². The zero-order valence-electron chi connectivity index (χ0n) is 19.2. The van der Waals surface area contributed by atoms with E-state index >= 15 is 0 Å². The third kappa shape index (κ3) is 7.50. The number of nitrogens with zero attached hydrogens (tertiary/aromatic N) is 1. The molecule has 6 N–H and O–H groups in total. The fourth-order valence-electron chi connectivity index (χ4n) is 3.16. The molecule has 0 aliphatic heterocycles. The number of nitrogens with one attached hydrogen (secondary N) is 2. The van der Waals surface area contributed by atoms with Gasteiger partial charge in [0.1, 0.15) is 23.5 Å². The first-order valence-corrected chi connectivity index (χ1v) is 12.5. The number of amides is 1. The molecule has 2 aromatic carbocycles. The molecule has 0 spiro atoms. The number of nitrogen functional groups attached to an aromatic ring is 1. The highest BCUT2D eigenvalue weighted by molar-refractivity contribution is 7.82. The summed E-state index contributed by atoms with van der Waals surface area (Å²) in [6, 6.07) is 16.5. The van der Waals surface area contributed by atoms with Gasteiger partial charge >= 0.3 is 0 Å². The van der Waals surface area contributed by atoms with Gasteiger partial charge in [0.2, 0.25) is 5.76 Å². The fraction of sp³-hybridized carbons (Fsp3) is 0.375. The molecule has 8 nitrogen and oxygen atoms in total. The smallest absolute Gasteiger partial charge is 0.294 e. The van der Waals surface area contributed by atoms with E-state index in [2.05, 4.69) is 17.0 Å². The quantitative estimate of drug-likeness (QED) is 0.0941. The largest absolute Gasteiger partial charge is 0.485 e. The van der Waals surface area contributed by atoms with E-state index in [4.69, 9.17) is 16.2 Å². The van der Waals surface area contributed by atoms with Crippen molar-refractivity contribution in [1.82, 2.24) is 9.62 Å². The Bertz CT molecular complexity index is 1010. The van der Waals surface area contributed by atoms with Gasteiger partial charge in [-0.1, -0.05) is 41.5 Å². The first-order valence-electron chi connectivity index (χ1n) is 11.1. The Balaban J connectivity index is 1.69. The number of hydrogen-bond acceptors (Lipinski definition) is 6. The molecular formula is C24H34N5O3S+. The summed E-state index contributed by atoms with van der Waals surface area (Å²) in [6.07, 6.45) is 2.12. The van der Waals surface area contributed by atoms with Crippen molar-refractivity contribution < 1.29 is 13.7 Å². The summed E-state index contributed by atoms with van der Waals surface area (Å²) in [6.45, 7) is 5.16. The molecule has 0 radical (unpaired) electrons.